The number of rotatable bonds is 3. The molecule has 0 aromatic carbocycles. The maximum absolute atomic E-state index is 11.6. The molecule has 0 radical (unpaired) electrons. The standard InChI is InChI=1S/C10H18O2/c1-5-10(6-2)8(11)7(3)9(10)12-4/h7,9H,5-6H2,1-4H3/t7-,9+/m0/s1. The summed E-state index contributed by atoms with van der Waals surface area (Å²) in [6.07, 6.45) is 1.97. The Morgan fingerprint density at radius 1 is 1.42 bits per heavy atom. The minimum Gasteiger partial charge on any atom is -0.380 e. The second-order valence-corrected chi connectivity index (χ2v) is 3.67. The lowest BCUT2D eigenvalue weighted by Crippen LogP contribution is -2.60. The minimum absolute atomic E-state index is 0.106. The highest BCUT2D eigenvalue weighted by molar-refractivity contribution is 5.94. The van der Waals surface area contributed by atoms with Crippen LogP contribution in [0.1, 0.15) is 33.6 Å². The summed E-state index contributed by atoms with van der Waals surface area (Å²) >= 11 is 0. The molecule has 0 bridgehead atoms. The van der Waals surface area contributed by atoms with E-state index in [0.717, 1.165) is 12.8 Å². The minimum atomic E-state index is -0.159. The fraction of sp³-hybridized carbons (Fsp3) is 0.900. The maximum atomic E-state index is 11.6. The van der Waals surface area contributed by atoms with E-state index in [1.165, 1.54) is 0 Å². The molecule has 1 rings (SSSR count). The van der Waals surface area contributed by atoms with Crippen LogP contribution in [0.2, 0.25) is 0 Å². The van der Waals surface area contributed by atoms with E-state index >= 15 is 0 Å². The third kappa shape index (κ3) is 0.939. The molecule has 1 fully saturated rings. The lowest BCUT2D eigenvalue weighted by Gasteiger charge is -2.50. The Hall–Kier alpha value is -0.370. The first-order valence-electron chi connectivity index (χ1n) is 4.71. The summed E-state index contributed by atoms with van der Waals surface area (Å²) in [5, 5.41) is 0. The van der Waals surface area contributed by atoms with Gasteiger partial charge in [0.25, 0.3) is 0 Å². The van der Waals surface area contributed by atoms with Gasteiger partial charge in [-0.3, -0.25) is 4.79 Å². The maximum Gasteiger partial charge on any atom is 0.147 e. The summed E-state index contributed by atoms with van der Waals surface area (Å²) in [6, 6.07) is 0. The van der Waals surface area contributed by atoms with Gasteiger partial charge in [0.1, 0.15) is 5.78 Å². The van der Waals surface area contributed by atoms with Gasteiger partial charge in [-0.25, -0.2) is 0 Å². The normalized spacial score (nSPS) is 33.2. The zero-order valence-electron chi connectivity index (χ0n) is 8.39. The highest BCUT2D eigenvalue weighted by atomic mass is 16.5. The molecule has 0 amide bonds. The Bertz CT molecular complexity index is 182. The molecule has 2 atom stereocenters. The van der Waals surface area contributed by atoms with E-state index in [9.17, 15) is 4.79 Å². The van der Waals surface area contributed by atoms with Crippen LogP contribution in [0.5, 0.6) is 0 Å². The zero-order chi connectivity index (χ0) is 9.35. The van der Waals surface area contributed by atoms with Crippen molar-refractivity contribution in [2.75, 3.05) is 7.11 Å². The number of Topliss-reactive ketones (excluding diaryl/α,β-unsaturated/α-hetero) is 1. The van der Waals surface area contributed by atoms with Crippen LogP contribution in [0.15, 0.2) is 0 Å². The van der Waals surface area contributed by atoms with Crippen LogP contribution in [-0.4, -0.2) is 19.0 Å². The lowest BCUT2D eigenvalue weighted by atomic mass is 9.56. The molecule has 0 unspecified atom stereocenters. The van der Waals surface area contributed by atoms with E-state index in [1.54, 1.807) is 7.11 Å². The van der Waals surface area contributed by atoms with Crippen LogP contribution >= 0.6 is 0 Å². The monoisotopic (exact) mass is 170 g/mol. The molecular weight excluding hydrogens is 152 g/mol. The average molecular weight is 170 g/mol. The number of hydrogen-bond donors (Lipinski definition) is 0. The van der Waals surface area contributed by atoms with Crippen LogP contribution in [0.3, 0.4) is 0 Å². The van der Waals surface area contributed by atoms with Crippen LogP contribution in [-0.2, 0) is 9.53 Å². The number of carbonyl (C=O) groups excluding carboxylic acids is 1. The van der Waals surface area contributed by atoms with Gasteiger partial charge < -0.3 is 4.74 Å². The second-order valence-electron chi connectivity index (χ2n) is 3.67. The van der Waals surface area contributed by atoms with Gasteiger partial charge in [-0.05, 0) is 12.8 Å². The van der Waals surface area contributed by atoms with Crippen LogP contribution in [0.4, 0.5) is 0 Å². The van der Waals surface area contributed by atoms with Gasteiger partial charge >= 0.3 is 0 Å². The zero-order valence-corrected chi connectivity index (χ0v) is 8.39. The number of ether oxygens (including phenoxy) is 1. The molecule has 0 aliphatic heterocycles. The average Bonchev–Trinajstić information content (AvgIpc) is 2.12. The number of methoxy groups -OCH3 is 1. The van der Waals surface area contributed by atoms with Crippen molar-refractivity contribution in [3.05, 3.63) is 0 Å². The predicted octanol–water partition coefficient (Wildman–Crippen LogP) is 2.03. The molecule has 2 nitrogen and oxygen atoms in total. The Labute approximate surface area is 74.3 Å². The second kappa shape index (κ2) is 3.17. The molecule has 0 aromatic rings. The van der Waals surface area contributed by atoms with E-state index in [0.29, 0.717) is 5.78 Å². The molecular formula is C10H18O2. The molecule has 0 saturated heterocycles. The first kappa shape index (κ1) is 9.72. The van der Waals surface area contributed by atoms with Crippen molar-refractivity contribution >= 4 is 5.78 Å². The lowest BCUT2D eigenvalue weighted by molar-refractivity contribution is -0.175. The van der Waals surface area contributed by atoms with Gasteiger partial charge in [-0.1, -0.05) is 20.8 Å². The van der Waals surface area contributed by atoms with Gasteiger partial charge in [0.15, 0.2) is 0 Å². The van der Waals surface area contributed by atoms with Crippen LogP contribution in [0.25, 0.3) is 0 Å². The van der Waals surface area contributed by atoms with E-state index in [1.807, 2.05) is 6.92 Å². The molecule has 2 heteroatoms. The molecule has 70 valence electrons. The fourth-order valence-electron chi connectivity index (χ4n) is 2.54. The quantitative estimate of drug-likeness (QED) is 0.647. The molecule has 1 saturated carbocycles. The Morgan fingerprint density at radius 2 is 1.92 bits per heavy atom. The summed E-state index contributed by atoms with van der Waals surface area (Å²) in [6.45, 7) is 6.10. The summed E-state index contributed by atoms with van der Waals surface area (Å²) in [5.41, 5.74) is -0.159. The molecule has 0 heterocycles. The van der Waals surface area contributed by atoms with Crippen molar-refractivity contribution < 1.29 is 9.53 Å². The van der Waals surface area contributed by atoms with Crippen molar-refractivity contribution in [3.8, 4) is 0 Å². The van der Waals surface area contributed by atoms with E-state index in [2.05, 4.69) is 13.8 Å². The summed E-state index contributed by atoms with van der Waals surface area (Å²) < 4.78 is 5.35. The predicted molar refractivity (Wildman–Crippen MR) is 48.0 cm³/mol. The van der Waals surface area contributed by atoms with Gasteiger partial charge in [0.2, 0.25) is 0 Å². The molecule has 1 aliphatic carbocycles. The van der Waals surface area contributed by atoms with Gasteiger partial charge in [-0.2, -0.15) is 0 Å². The summed E-state index contributed by atoms with van der Waals surface area (Å²) in [4.78, 5) is 11.6. The SMILES string of the molecule is CCC1(CC)C(=O)[C@H](C)[C@H]1OC. The van der Waals surface area contributed by atoms with Gasteiger partial charge in [0.05, 0.1) is 11.5 Å². The van der Waals surface area contributed by atoms with Gasteiger partial charge in [0, 0.05) is 13.0 Å². The van der Waals surface area contributed by atoms with Crippen molar-refractivity contribution in [1.82, 2.24) is 0 Å². The molecule has 1 aliphatic rings. The van der Waals surface area contributed by atoms with Gasteiger partial charge in [-0.15, -0.1) is 0 Å². The summed E-state index contributed by atoms with van der Waals surface area (Å²) in [5.74, 6) is 0.495. The molecule has 0 aromatic heterocycles. The van der Waals surface area contributed by atoms with Crippen molar-refractivity contribution in [3.63, 3.8) is 0 Å². The summed E-state index contributed by atoms with van der Waals surface area (Å²) in [7, 11) is 1.70. The van der Waals surface area contributed by atoms with E-state index < -0.39 is 0 Å². The van der Waals surface area contributed by atoms with E-state index in [-0.39, 0.29) is 17.4 Å². The van der Waals surface area contributed by atoms with Crippen LogP contribution < -0.4 is 0 Å². The smallest absolute Gasteiger partial charge is 0.147 e. The highest BCUT2D eigenvalue weighted by Crippen LogP contribution is 2.48. The van der Waals surface area contributed by atoms with Crippen LogP contribution in [0, 0.1) is 11.3 Å². The largest absolute Gasteiger partial charge is 0.380 e. The third-order valence-corrected chi connectivity index (χ3v) is 3.42. The topological polar surface area (TPSA) is 26.3 Å². The molecule has 0 spiro atoms. The molecule has 12 heavy (non-hydrogen) atoms. The Balaban J connectivity index is 2.81. The van der Waals surface area contributed by atoms with Crippen molar-refractivity contribution in [2.24, 2.45) is 11.3 Å². The van der Waals surface area contributed by atoms with Crippen molar-refractivity contribution in [1.29, 1.82) is 0 Å². The Kier molecular flexibility index (Phi) is 2.57. The molecule has 0 N–H and O–H groups in total. The van der Waals surface area contributed by atoms with Crippen molar-refractivity contribution in [2.45, 2.75) is 39.7 Å². The first-order valence-corrected chi connectivity index (χ1v) is 4.71. The number of hydrogen-bond acceptors (Lipinski definition) is 2. The number of carbonyl (C=O) groups is 1. The number of ketones is 1. The highest BCUT2D eigenvalue weighted by Gasteiger charge is 2.57. The first-order chi connectivity index (χ1) is 5.64. The third-order valence-electron chi connectivity index (χ3n) is 3.42. The Morgan fingerprint density at radius 3 is 2.17 bits per heavy atom. The fourth-order valence-corrected chi connectivity index (χ4v) is 2.54. The van der Waals surface area contributed by atoms with E-state index in [4.69, 9.17) is 4.74 Å².